The van der Waals surface area contributed by atoms with Gasteiger partial charge in [0.1, 0.15) is 5.69 Å². The number of nitrogens with zero attached hydrogens (tertiary/aromatic N) is 5. The maximum Gasteiger partial charge on any atom is 0.251 e. The van der Waals surface area contributed by atoms with Crippen LogP contribution in [-0.4, -0.2) is 30.8 Å². The minimum absolute atomic E-state index is 0.0667. The fourth-order valence-corrected chi connectivity index (χ4v) is 1.53. The standard InChI is InChI=1S/C9H9BrN6O/c1-5-2-7(8(11)15-17)14-9(13-5)16-4-6(10)3-12-16/h2-4,17H,1H3,(H2,11,15). The van der Waals surface area contributed by atoms with Crippen LogP contribution in [0.2, 0.25) is 0 Å². The number of aromatic nitrogens is 4. The lowest BCUT2D eigenvalue weighted by Gasteiger charge is -2.04. The molecule has 17 heavy (non-hydrogen) atoms. The van der Waals surface area contributed by atoms with E-state index in [9.17, 15) is 0 Å². The minimum Gasteiger partial charge on any atom is -0.409 e. The molecular weight excluding hydrogens is 288 g/mol. The van der Waals surface area contributed by atoms with Gasteiger partial charge in [-0.15, -0.1) is 0 Å². The third-order valence-electron chi connectivity index (χ3n) is 1.97. The van der Waals surface area contributed by atoms with Crippen molar-refractivity contribution in [2.45, 2.75) is 6.92 Å². The van der Waals surface area contributed by atoms with E-state index in [0.717, 1.165) is 4.47 Å². The summed E-state index contributed by atoms with van der Waals surface area (Å²) < 4.78 is 2.30. The Morgan fingerprint density at radius 3 is 2.88 bits per heavy atom. The van der Waals surface area contributed by atoms with E-state index in [0.29, 0.717) is 17.3 Å². The second-order valence-corrected chi connectivity index (χ2v) is 4.20. The first kappa shape index (κ1) is 11.5. The molecule has 2 rings (SSSR count). The van der Waals surface area contributed by atoms with Crippen LogP contribution in [0.1, 0.15) is 11.4 Å². The lowest BCUT2D eigenvalue weighted by molar-refractivity contribution is 0.318. The zero-order valence-corrected chi connectivity index (χ0v) is 10.5. The maximum absolute atomic E-state index is 8.62. The zero-order chi connectivity index (χ0) is 12.4. The van der Waals surface area contributed by atoms with Crippen LogP contribution >= 0.6 is 15.9 Å². The van der Waals surface area contributed by atoms with Gasteiger partial charge in [-0.05, 0) is 28.9 Å². The Kier molecular flexibility index (Phi) is 3.05. The number of hydrogen-bond donors (Lipinski definition) is 2. The summed E-state index contributed by atoms with van der Waals surface area (Å²) in [7, 11) is 0. The van der Waals surface area contributed by atoms with E-state index in [4.69, 9.17) is 10.9 Å². The van der Waals surface area contributed by atoms with Gasteiger partial charge in [-0.25, -0.2) is 14.6 Å². The van der Waals surface area contributed by atoms with Gasteiger partial charge in [0.05, 0.1) is 10.7 Å². The Balaban J connectivity index is 2.52. The topological polar surface area (TPSA) is 102 Å². The highest BCUT2D eigenvalue weighted by atomic mass is 79.9. The summed E-state index contributed by atoms with van der Waals surface area (Å²) >= 11 is 3.28. The van der Waals surface area contributed by atoms with E-state index >= 15 is 0 Å². The fourth-order valence-electron chi connectivity index (χ4n) is 1.25. The van der Waals surface area contributed by atoms with Crippen molar-refractivity contribution in [3.8, 4) is 5.95 Å². The van der Waals surface area contributed by atoms with Crippen molar-refractivity contribution < 1.29 is 5.21 Å². The van der Waals surface area contributed by atoms with Gasteiger partial charge in [-0.2, -0.15) is 5.10 Å². The van der Waals surface area contributed by atoms with Crippen molar-refractivity contribution in [2.24, 2.45) is 10.9 Å². The molecule has 2 aromatic rings. The molecule has 0 aliphatic heterocycles. The predicted molar refractivity (Wildman–Crippen MR) is 64.1 cm³/mol. The van der Waals surface area contributed by atoms with Gasteiger partial charge in [0.25, 0.3) is 5.95 Å². The third-order valence-corrected chi connectivity index (χ3v) is 2.38. The molecule has 0 bridgehead atoms. The van der Waals surface area contributed by atoms with Gasteiger partial charge in [-0.3, -0.25) is 0 Å². The van der Waals surface area contributed by atoms with Gasteiger partial charge in [0.15, 0.2) is 5.84 Å². The smallest absolute Gasteiger partial charge is 0.251 e. The average Bonchev–Trinajstić information content (AvgIpc) is 2.74. The van der Waals surface area contributed by atoms with Crippen molar-refractivity contribution in [3.05, 3.63) is 34.3 Å². The molecule has 0 amide bonds. The Bertz CT molecular complexity index is 579. The molecule has 0 saturated heterocycles. The van der Waals surface area contributed by atoms with Crippen molar-refractivity contribution in [3.63, 3.8) is 0 Å². The van der Waals surface area contributed by atoms with Gasteiger partial charge in [0.2, 0.25) is 0 Å². The molecule has 0 unspecified atom stereocenters. The second-order valence-electron chi connectivity index (χ2n) is 3.28. The highest BCUT2D eigenvalue weighted by Crippen LogP contribution is 2.10. The van der Waals surface area contributed by atoms with Crippen molar-refractivity contribution in [1.29, 1.82) is 0 Å². The summed E-state index contributed by atoms with van der Waals surface area (Å²) in [5.41, 5.74) is 6.53. The van der Waals surface area contributed by atoms with Crippen LogP contribution < -0.4 is 5.73 Å². The van der Waals surface area contributed by atoms with Gasteiger partial charge in [-0.1, -0.05) is 5.16 Å². The molecule has 0 spiro atoms. The largest absolute Gasteiger partial charge is 0.409 e. The zero-order valence-electron chi connectivity index (χ0n) is 8.87. The number of aryl methyl sites for hydroxylation is 1. The number of oxime groups is 1. The summed E-state index contributed by atoms with van der Waals surface area (Å²) in [6.45, 7) is 1.79. The number of rotatable bonds is 2. The van der Waals surface area contributed by atoms with E-state index in [1.54, 1.807) is 25.4 Å². The molecule has 7 nitrogen and oxygen atoms in total. The molecule has 8 heteroatoms. The summed E-state index contributed by atoms with van der Waals surface area (Å²) in [6, 6.07) is 1.62. The van der Waals surface area contributed by atoms with Crippen LogP contribution in [0, 0.1) is 6.92 Å². The van der Waals surface area contributed by atoms with E-state index in [1.807, 2.05) is 0 Å². The van der Waals surface area contributed by atoms with Crippen molar-refractivity contribution in [2.75, 3.05) is 0 Å². The number of nitrogens with two attached hydrogens (primary N) is 1. The highest BCUT2D eigenvalue weighted by Gasteiger charge is 2.08. The highest BCUT2D eigenvalue weighted by molar-refractivity contribution is 9.10. The molecule has 0 aliphatic rings. The Morgan fingerprint density at radius 1 is 1.53 bits per heavy atom. The fraction of sp³-hybridized carbons (Fsp3) is 0.111. The molecule has 0 aromatic carbocycles. The summed E-state index contributed by atoms with van der Waals surface area (Å²) in [5.74, 6) is 0.292. The third kappa shape index (κ3) is 2.41. The summed E-state index contributed by atoms with van der Waals surface area (Å²) in [5, 5.41) is 15.6. The van der Waals surface area contributed by atoms with E-state index in [2.05, 4.69) is 36.2 Å². The lowest BCUT2D eigenvalue weighted by Crippen LogP contribution is -2.17. The number of halogens is 1. The average molecular weight is 297 g/mol. The Morgan fingerprint density at radius 2 is 2.29 bits per heavy atom. The first-order chi connectivity index (χ1) is 8.10. The number of hydrogen-bond acceptors (Lipinski definition) is 5. The van der Waals surface area contributed by atoms with Crippen LogP contribution in [-0.2, 0) is 0 Å². The molecular formula is C9H9BrN6O. The first-order valence-corrected chi connectivity index (χ1v) is 5.43. The second kappa shape index (κ2) is 4.50. The lowest BCUT2D eigenvalue weighted by atomic mass is 10.3. The van der Waals surface area contributed by atoms with Gasteiger partial charge in [0, 0.05) is 11.9 Å². The van der Waals surface area contributed by atoms with E-state index in [1.165, 1.54) is 4.68 Å². The van der Waals surface area contributed by atoms with E-state index < -0.39 is 0 Å². The molecule has 2 heterocycles. The van der Waals surface area contributed by atoms with Crippen LogP contribution in [0.4, 0.5) is 0 Å². The Hall–Kier alpha value is -1.96. The van der Waals surface area contributed by atoms with Crippen molar-refractivity contribution >= 4 is 21.8 Å². The number of amidine groups is 1. The summed E-state index contributed by atoms with van der Waals surface area (Å²) in [4.78, 5) is 8.35. The van der Waals surface area contributed by atoms with Gasteiger partial charge < -0.3 is 10.9 Å². The van der Waals surface area contributed by atoms with Crippen LogP contribution in [0.15, 0.2) is 28.1 Å². The van der Waals surface area contributed by atoms with Crippen LogP contribution in [0.5, 0.6) is 0 Å². The van der Waals surface area contributed by atoms with E-state index in [-0.39, 0.29) is 5.84 Å². The summed E-state index contributed by atoms with van der Waals surface area (Å²) in [6.07, 6.45) is 3.33. The van der Waals surface area contributed by atoms with Crippen LogP contribution in [0.25, 0.3) is 5.95 Å². The molecule has 0 aliphatic carbocycles. The maximum atomic E-state index is 8.62. The first-order valence-electron chi connectivity index (χ1n) is 4.64. The quantitative estimate of drug-likeness (QED) is 0.370. The van der Waals surface area contributed by atoms with Crippen molar-refractivity contribution in [1.82, 2.24) is 19.7 Å². The molecule has 2 aromatic heterocycles. The predicted octanol–water partition coefficient (Wildman–Crippen LogP) is 0.828. The molecule has 88 valence electrons. The normalized spacial score (nSPS) is 11.8. The molecule has 3 N–H and O–H groups in total. The monoisotopic (exact) mass is 296 g/mol. The van der Waals surface area contributed by atoms with Crippen LogP contribution in [0.3, 0.4) is 0 Å². The molecule has 0 radical (unpaired) electrons. The molecule has 0 fully saturated rings. The minimum atomic E-state index is -0.0667. The SMILES string of the molecule is Cc1cc(/C(N)=N/O)nc(-n2cc(Br)cn2)n1. The van der Waals surface area contributed by atoms with Gasteiger partial charge >= 0.3 is 0 Å². The Labute approximate surface area is 105 Å². The molecule has 0 saturated carbocycles. The molecule has 0 atom stereocenters.